The minimum Gasteiger partial charge on any atom is -0.493 e. The van der Waals surface area contributed by atoms with Crippen molar-refractivity contribution in [1.29, 1.82) is 0 Å². The van der Waals surface area contributed by atoms with Gasteiger partial charge in [0.2, 0.25) is 0 Å². The van der Waals surface area contributed by atoms with E-state index >= 15 is 0 Å². The highest BCUT2D eigenvalue weighted by molar-refractivity contribution is 6.25. The fourth-order valence-corrected chi connectivity index (χ4v) is 1.49. The standard InChI is InChI=1S/C13H18ClNO2/c1-10(15-2)11-5-6-12(13(9-11)16-3)17-8-4-7-14/h4-7,9-10,15H,8H2,1-3H3/b7-4+. The number of hydrogen-bond donors (Lipinski definition) is 1. The molecule has 1 rings (SSSR count). The Morgan fingerprint density at radius 1 is 1.41 bits per heavy atom. The zero-order chi connectivity index (χ0) is 12.7. The largest absolute Gasteiger partial charge is 0.493 e. The lowest BCUT2D eigenvalue weighted by molar-refractivity contribution is 0.326. The van der Waals surface area contributed by atoms with E-state index in [2.05, 4.69) is 12.2 Å². The van der Waals surface area contributed by atoms with Crippen molar-refractivity contribution in [3.05, 3.63) is 35.4 Å². The Bertz CT molecular complexity index is 380. The molecule has 0 saturated heterocycles. The van der Waals surface area contributed by atoms with Gasteiger partial charge in [0.1, 0.15) is 6.61 Å². The number of methoxy groups -OCH3 is 1. The summed E-state index contributed by atoms with van der Waals surface area (Å²) in [5.41, 5.74) is 2.59. The second-order valence-corrected chi connectivity index (χ2v) is 3.85. The van der Waals surface area contributed by atoms with Gasteiger partial charge in [-0.25, -0.2) is 0 Å². The van der Waals surface area contributed by atoms with E-state index in [9.17, 15) is 0 Å². The summed E-state index contributed by atoms with van der Waals surface area (Å²) in [5.74, 6) is 1.45. The van der Waals surface area contributed by atoms with Crippen molar-refractivity contribution >= 4 is 11.6 Å². The molecular weight excluding hydrogens is 238 g/mol. The Balaban J connectivity index is 2.85. The van der Waals surface area contributed by atoms with Crippen molar-refractivity contribution in [2.75, 3.05) is 20.8 Å². The van der Waals surface area contributed by atoms with E-state index in [0.717, 1.165) is 11.3 Å². The van der Waals surface area contributed by atoms with Crippen molar-refractivity contribution in [3.63, 3.8) is 0 Å². The molecule has 1 atom stereocenters. The van der Waals surface area contributed by atoms with Crippen molar-refractivity contribution in [2.24, 2.45) is 0 Å². The summed E-state index contributed by atoms with van der Waals surface area (Å²) in [6.45, 7) is 2.52. The summed E-state index contributed by atoms with van der Waals surface area (Å²) in [6, 6.07) is 6.18. The molecule has 17 heavy (non-hydrogen) atoms. The van der Waals surface area contributed by atoms with Crippen LogP contribution in [0.15, 0.2) is 29.8 Å². The molecule has 0 aliphatic rings. The summed E-state index contributed by atoms with van der Waals surface area (Å²) < 4.78 is 10.8. The predicted octanol–water partition coefficient (Wildman–Crippen LogP) is 3.11. The summed E-state index contributed by atoms with van der Waals surface area (Å²) in [4.78, 5) is 0. The van der Waals surface area contributed by atoms with Crippen LogP contribution in [0.2, 0.25) is 0 Å². The number of halogens is 1. The molecule has 0 fully saturated rings. The second-order valence-electron chi connectivity index (χ2n) is 3.59. The van der Waals surface area contributed by atoms with E-state index in [1.54, 1.807) is 13.2 Å². The van der Waals surface area contributed by atoms with Crippen LogP contribution >= 0.6 is 11.6 Å². The van der Waals surface area contributed by atoms with Gasteiger partial charge >= 0.3 is 0 Å². The zero-order valence-electron chi connectivity index (χ0n) is 10.4. The molecule has 0 aromatic heterocycles. The van der Waals surface area contributed by atoms with Gasteiger partial charge in [0.25, 0.3) is 0 Å². The van der Waals surface area contributed by atoms with Gasteiger partial charge in [-0.2, -0.15) is 0 Å². The van der Waals surface area contributed by atoms with E-state index in [1.165, 1.54) is 5.54 Å². The van der Waals surface area contributed by atoms with Gasteiger partial charge in [0.05, 0.1) is 7.11 Å². The molecule has 4 heteroatoms. The fraction of sp³-hybridized carbons (Fsp3) is 0.385. The molecule has 1 unspecified atom stereocenters. The molecule has 0 aliphatic carbocycles. The highest BCUT2D eigenvalue weighted by atomic mass is 35.5. The van der Waals surface area contributed by atoms with Crippen molar-refractivity contribution in [1.82, 2.24) is 5.32 Å². The Morgan fingerprint density at radius 3 is 2.76 bits per heavy atom. The quantitative estimate of drug-likeness (QED) is 0.847. The average Bonchev–Trinajstić information content (AvgIpc) is 2.38. The maximum absolute atomic E-state index is 5.52. The van der Waals surface area contributed by atoms with Gasteiger partial charge in [-0.1, -0.05) is 17.7 Å². The summed E-state index contributed by atoms with van der Waals surface area (Å²) in [6.07, 6.45) is 1.73. The Hall–Kier alpha value is -1.19. The van der Waals surface area contributed by atoms with Crippen molar-refractivity contribution in [2.45, 2.75) is 13.0 Å². The first-order valence-electron chi connectivity index (χ1n) is 5.46. The molecular formula is C13H18ClNO2. The third-order valence-corrected chi connectivity index (χ3v) is 2.72. The van der Waals surface area contributed by atoms with Gasteiger partial charge in [0, 0.05) is 11.6 Å². The lowest BCUT2D eigenvalue weighted by Crippen LogP contribution is -2.12. The molecule has 0 spiro atoms. The van der Waals surface area contributed by atoms with Gasteiger partial charge in [0.15, 0.2) is 11.5 Å². The number of benzene rings is 1. The monoisotopic (exact) mass is 255 g/mol. The SMILES string of the molecule is CNC(C)c1ccc(OC/C=C/Cl)c(OC)c1. The normalized spacial score (nSPS) is 12.7. The minimum absolute atomic E-state index is 0.278. The highest BCUT2D eigenvalue weighted by Gasteiger charge is 2.08. The van der Waals surface area contributed by atoms with Crippen LogP contribution in [-0.4, -0.2) is 20.8 Å². The van der Waals surface area contributed by atoms with Crippen LogP contribution in [0.3, 0.4) is 0 Å². The van der Waals surface area contributed by atoms with Crippen LogP contribution < -0.4 is 14.8 Å². The average molecular weight is 256 g/mol. The molecule has 0 heterocycles. The molecule has 0 saturated carbocycles. The molecule has 1 aromatic carbocycles. The van der Waals surface area contributed by atoms with Gasteiger partial charge < -0.3 is 14.8 Å². The van der Waals surface area contributed by atoms with E-state index < -0.39 is 0 Å². The maximum Gasteiger partial charge on any atom is 0.161 e. The smallest absolute Gasteiger partial charge is 0.161 e. The zero-order valence-corrected chi connectivity index (χ0v) is 11.1. The number of ether oxygens (including phenoxy) is 2. The van der Waals surface area contributed by atoms with Gasteiger partial charge in [-0.05, 0) is 37.7 Å². The van der Waals surface area contributed by atoms with Gasteiger partial charge in [-0.15, -0.1) is 0 Å². The third kappa shape index (κ3) is 3.95. The van der Waals surface area contributed by atoms with Crippen LogP contribution in [0, 0.1) is 0 Å². The highest BCUT2D eigenvalue weighted by Crippen LogP contribution is 2.30. The molecule has 1 N–H and O–H groups in total. The summed E-state index contributed by atoms with van der Waals surface area (Å²) in [5, 5.41) is 3.18. The van der Waals surface area contributed by atoms with Crippen molar-refractivity contribution in [3.8, 4) is 11.5 Å². The third-order valence-electron chi connectivity index (χ3n) is 2.54. The molecule has 94 valence electrons. The van der Waals surface area contributed by atoms with Crippen molar-refractivity contribution < 1.29 is 9.47 Å². The first-order valence-corrected chi connectivity index (χ1v) is 5.89. The fourth-order valence-electron chi connectivity index (χ4n) is 1.41. The number of nitrogens with one attached hydrogen (secondary N) is 1. The molecule has 1 aromatic rings. The molecule has 0 amide bonds. The molecule has 0 radical (unpaired) electrons. The minimum atomic E-state index is 0.278. The number of hydrogen-bond acceptors (Lipinski definition) is 3. The first-order chi connectivity index (χ1) is 8.22. The lowest BCUT2D eigenvalue weighted by atomic mass is 10.1. The maximum atomic E-state index is 5.52. The Labute approximate surface area is 107 Å². The van der Waals surface area contributed by atoms with Crippen LogP contribution in [-0.2, 0) is 0 Å². The van der Waals surface area contributed by atoms with Crippen LogP contribution in [0.25, 0.3) is 0 Å². The van der Waals surface area contributed by atoms with E-state index in [-0.39, 0.29) is 6.04 Å². The summed E-state index contributed by atoms with van der Waals surface area (Å²) in [7, 11) is 3.56. The second kappa shape index (κ2) is 7.20. The molecule has 0 bridgehead atoms. The number of rotatable bonds is 6. The topological polar surface area (TPSA) is 30.5 Å². The Morgan fingerprint density at radius 2 is 2.18 bits per heavy atom. The lowest BCUT2D eigenvalue weighted by Gasteiger charge is -2.14. The van der Waals surface area contributed by atoms with E-state index in [1.807, 2.05) is 25.2 Å². The first kappa shape index (κ1) is 13.9. The van der Waals surface area contributed by atoms with Gasteiger partial charge in [-0.3, -0.25) is 0 Å². The predicted molar refractivity (Wildman–Crippen MR) is 71.0 cm³/mol. The van der Waals surface area contributed by atoms with Crippen LogP contribution in [0.5, 0.6) is 11.5 Å². The summed E-state index contributed by atoms with van der Waals surface area (Å²) >= 11 is 5.43. The van der Waals surface area contributed by atoms with E-state index in [4.69, 9.17) is 21.1 Å². The molecule has 0 aliphatic heterocycles. The Kier molecular flexibility index (Phi) is 5.87. The van der Waals surface area contributed by atoms with E-state index in [0.29, 0.717) is 12.4 Å². The molecule has 3 nitrogen and oxygen atoms in total. The van der Waals surface area contributed by atoms with Crippen LogP contribution in [0.1, 0.15) is 18.5 Å². The van der Waals surface area contributed by atoms with Crippen LogP contribution in [0.4, 0.5) is 0 Å².